The minimum atomic E-state index is -0.334. The number of hydrogen-bond acceptors (Lipinski definition) is 3. The minimum absolute atomic E-state index is 0.124. The van der Waals surface area contributed by atoms with Crippen molar-refractivity contribution in [1.82, 2.24) is 0 Å². The predicted octanol–water partition coefficient (Wildman–Crippen LogP) is 2.37. The maximum absolute atomic E-state index is 11.2. The lowest BCUT2D eigenvalue weighted by Crippen LogP contribution is -2.06. The van der Waals surface area contributed by atoms with Crippen LogP contribution in [0.5, 0.6) is 5.75 Å². The smallest absolute Gasteiger partial charge is 0.310 e. The minimum Gasteiger partial charge on any atom is -0.496 e. The molecule has 0 bridgehead atoms. The van der Waals surface area contributed by atoms with E-state index in [1.165, 1.54) is 7.11 Å². The molecule has 4 heteroatoms. The van der Waals surface area contributed by atoms with Crippen molar-refractivity contribution < 1.29 is 14.3 Å². The Labute approximate surface area is 93.9 Å². The molecule has 1 rings (SSSR count). The van der Waals surface area contributed by atoms with Crippen LogP contribution in [0.2, 0.25) is 5.02 Å². The summed E-state index contributed by atoms with van der Waals surface area (Å²) in [7, 11) is 2.89. The van der Waals surface area contributed by atoms with Gasteiger partial charge in [-0.2, -0.15) is 0 Å². The van der Waals surface area contributed by atoms with Gasteiger partial charge in [0.25, 0.3) is 0 Å². The van der Waals surface area contributed by atoms with Crippen molar-refractivity contribution in [2.24, 2.45) is 0 Å². The summed E-state index contributed by atoms with van der Waals surface area (Å²) in [4.78, 5) is 11.2. The van der Waals surface area contributed by atoms with Crippen LogP contribution in [0.15, 0.2) is 12.1 Å². The molecule has 0 spiro atoms. The molecular weight excluding hydrogens is 216 g/mol. The van der Waals surface area contributed by atoms with Crippen molar-refractivity contribution in [3.05, 3.63) is 28.3 Å². The summed E-state index contributed by atoms with van der Waals surface area (Å²) in [5.41, 5.74) is 1.65. The molecular formula is C11H13ClO3. The highest BCUT2D eigenvalue weighted by Gasteiger charge is 2.13. The summed E-state index contributed by atoms with van der Waals surface area (Å²) >= 11 is 6.03. The van der Waals surface area contributed by atoms with Crippen LogP contribution in [0.25, 0.3) is 0 Å². The molecule has 0 fully saturated rings. The second-order valence-corrected chi connectivity index (χ2v) is 3.59. The molecule has 1 aromatic rings. The second-order valence-electron chi connectivity index (χ2n) is 3.18. The molecule has 0 saturated heterocycles. The van der Waals surface area contributed by atoms with Crippen molar-refractivity contribution in [2.75, 3.05) is 14.2 Å². The number of rotatable bonds is 3. The zero-order valence-corrected chi connectivity index (χ0v) is 9.72. The first-order chi connectivity index (χ1) is 7.08. The van der Waals surface area contributed by atoms with E-state index in [9.17, 15) is 4.79 Å². The van der Waals surface area contributed by atoms with Crippen molar-refractivity contribution in [1.29, 1.82) is 0 Å². The van der Waals surface area contributed by atoms with Gasteiger partial charge in [-0.1, -0.05) is 11.6 Å². The lowest BCUT2D eigenvalue weighted by Gasteiger charge is -2.10. The van der Waals surface area contributed by atoms with E-state index in [0.29, 0.717) is 16.3 Å². The summed E-state index contributed by atoms with van der Waals surface area (Å²) in [5.74, 6) is 0.282. The molecule has 0 atom stereocenters. The van der Waals surface area contributed by atoms with Crippen molar-refractivity contribution in [3.63, 3.8) is 0 Å². The van der Waals surface area contributed by atoms with Gasteiger partial charge < -0.3 is 9.47 Å². The van der Waals surface area contributed by atoms with Crippen LogP contribution in [0.1, 0.15) is 11.1 Å². The molecule has 0 aromatic heterocycles. The van der Waals surface area contributed by atoms with Crippen LogP contribution in [0, 0.1) is 6.92 Å². The largest absolute Gasteiger partial charge is 0.496 e. The summed E-state index contributed by atoms with van der Waals surface area (Å²) in [6.07, 6.45) is 0.124. The maximum Gasteiger partial charge on any atom is 0.310 e. The van der Waals surface area contributed by atoms with E-state index in [2.05, 4.69) is 4.74 Å². The van der Waals surface area contributed by atoms with Crippen LogP contribution in [0.4, 0.5) is 0 Å². The van der Waals surface area contributed by atoms with E-state index in [0.717, 1.165) is 5.56 Å². The van der Waals surface area contributed by atoms with Gasteiger partial charge in [0.2, 0.25) is 0 Å². The Hall–Kier alpha value is -1.22. The molecule has 0 N–H and O–H groups in total. The fourth-order valence-electron chi connectivity index (χ4n) is 1.31. The predicted molar refractivity (Wildman–Crippen MR) is 58.5 cm³/mol. The van der Waals surface area contributed by atoms with Gasteiger partial charge in [-0.25, -0.2) is 0 Å². The first kappa shape index (κ1) is 11.9. The Morgan fingerprint density at radius 3 is 2.60 bits per heavy atom. The Morgan fingerprint density at radius 1 is 1.40 bits per heavy atom. The Morgan fingerprint density at radius 2 is 2.07 bits per heavy atom. The number of hydrogen-bond donors (Lipinski definition) is 0. The number of carbonyl (C=O) groups is 1. The van der Waals surface area contributed by atoms with Gasteiger partial charge in [0.1, 0.15) is 5.75 Å². The third-order valence-corrected chi connectivity index (χ3v) is 2.40. The van der Waals surface area contributed by atoms with Gasteiger partial charge in [0.15, 0.2) is 0 Å². The Balaban J connectivity index is 3.09. The standard InChI is InChI=1S/C11H13ClO3/c1-7-4-9(12)8(6-11(13)15-3)10(5-7)14-2/h4-5H,6H2,1-3H3. The molecule has 0 saturated carbocycles. The molecule has 0 heterocycles. The highest BCUT2D eigenvalue weighted by molar-refractivity contribution is 6.31. The van der Waals surface area contributed by atoms with E-state index in [4.69, 9.17) is 16.3 Å². The molecule has 0 aliphatic carbocycles. The van der Waals surface area contributed by atoms with Crippen molar-refractivity contribution in [3.8, 4) is 5.75 Å². The Bertz CT molecular complexity index is 374. The molecule has 1 aromatic carbocycles. The van der Waals surface area contributed by atoms with Gasteiger partial charge >= 0.3 is 5.97 Å². The van der Waals surface area contributed by atoms with Gasteiger partial charge in [-0.05, 0) is 24.6 Å². The SMILES string of the molecule is COC(=O)Cc1c(Cl)cc(C)cc1OC. The average molecular weight is 229 g/mol. The van der Waals surface area contributed by atoms with Gasteiger partial charge in [0, 0.05) is 10.6 Å². The van der Waals surface area contributed by atoms with Crippen LogP contribution in [-0.4, -0.2) is 20.2 Å². The molecule has 0 aliphatic rings. The number of benzene rings is 1. The van der Waals surface area contributed by atoms with Gasteiger partial charge in [0.05, 0.1) is 20.6 Å². The molecule has 0 aliphatic heterocycles. The normalized spacial score (nSPS) is 9.87. The van der Waals surface area contributed by atoms with E-state index >= 15 is 0 Å². The molecule has 82 valence electrons. The molecule has 0 amide bonds. The quantitative estimate of drug-likeness (QED) is 0.746. The monoisotopic (exact) mass is 228 g/mol. The molecule has 0 unspecified atom stereocenters. The summed E-state index contributed by atoms with van der Waals surface area (Å²) < 4.78 is 9.75. The topological polar surface area (TPSA) is 35.5 Å². The Kier molecular flexibility index (Phi) is 3.97. The first-order valence-corrected chi connectivity index (χ1v) is 4.86. The third-order valence-electron chi connectivity index (χ3n) is 2.07. The fraction of sp³-hybridized carbons (Fsp3) is 0.364. The van der Waals surface area contributed by atoms with E-state index in [1.807, 2.05) is 13.0 Å². The van der Waals surface area contributed by atoms with Crippen molar-refractivity contribution >= 4 is 17.6 Å². The highest BCUT2D eigenvalue weighted by Crippen LogP contribution is 2.28. The second kappa shape index (κ2) is 5.03. The summed E-state index contributed by atoms with van der Waals surface area (Å²) in [6.45, 7) is 1.91. The third kappa shape index (κ3) is 2.86. The lowest BCUT2D eigenvalue weighted by atomic mass is 10.1. The zero-order chi connectivity index (χ0) is 11.4. The molecule has 15 heavy (non-hydrogen) atoms. The number of halogens is 1. The fourth-order valence-corrected chi connectivity index (χ4v) is 1.64. The number of methoxy groups -OCH3 is 2. The van der Waals surface area contributed by atoms with E-state index in [-0.39, 0.29) is 12.4 Å². The van der Waals surface area contributed by atoms with E-state index in [1.54, 1.807) is 13.2 Å². The van der Waals surface area contributed by atoms with Crippen LogP contribution < -0.4 is 4.74 Å². The average Bonchev–Trinajstić information content (AvgIpc) is 2.21. The van der Waals surface area contributed by atoms with Gasteiger partial charge in [-0.15, -0.1) is 0 Å². The number of esters is 1. The lowest BCUT2D eigenvalue weighted by molar-refractivity contribution is -0.139. The van der Waals surface area contributed by atoms with Crippen LogP contribution in [0.3, 0.4) is 0 Å². The highest BCUT2D eigenvalue weighted by atomic mass is 35.5. The number of ether oxygens (including phenoxy) is 2. The first-order valence-electron chi connectivity index (χ1n) is 4.48. The van der Waals surface area contributed by atoms with Gasteiger partial charge in [-0.3, -0.25) is 4.79 Å². The van der Waals surface area contributed by atoms with Crippen molar-refractivity contribution in [2.45, 2.75) is 13.3 Å². The molecule has 0 radical (unpaired) electrons. The van der Waals surface area contributed by atoms with Crippen LogP contribution >= 0.6 is 11.6 Å². The number of aryl methyl sites for hydroxylation is 1. The summed E-state index contributed by atoms with van der Waals surface area (Å²) in [6, 6.07) is 3.63. The zero-order valence-electron chi connectivity index (χ0n) is 8.96. The number of carbonyl (C=O) groups excluding carboxylic acids is 1. The summed E-state index contributed by atoms with van der Waals surface area (Å²) in [5, 5.41) is 0.525. The maximum atomic E-state index is 11.2. The van der Waals surface area contributed by atoms with E-state index < -0.39 is 0 Å². The van der Waals surface area contributed by atoms with Crippen LogP contribution in [-0.2, 0) is 16.0 Å². The molecule has 3 nitrogen and oxygen atoms in total.